The first-order valence-corrected chi connectivity index (χ1v) is 9.44. The van der Waals surface area contributed by atoms with Crippen molar-refractivity contribution >= 4 is 34.5 Å². The molecule has 0 aliphatic rings. The molecule has 8 heteroatoms. The number of carbonyl (C=O) groups excluding carboxylic acids is 2. The Kier molecular flexibility index (Phi) is 6.79. The first-order valence-electron chi connectivity index (χ1n) is 8.46. The van der Waals surface area contributed by atoms with E-state index in [-0.39, 0.29) is 35.7 Å². The van der Waals surface area contributed by atoms with Gasteiger partial charge in [-0.3, -0.25) is 19.0 Å². The number of benzene rings is 1. The zero-order valence-corrected chi connectivity index (χ0v) is 16.3. The highest BCUT2D eigenvalue weighted by molar-refractivity contribution is 7.99. The van der Waals surface area contributed by atoms with Crippen molar-refractivity contribution in [1.82, 2.24) is 19.8 Å². The standard InChI is InChI=1S/C18H24N4O3S/c1-5-12(2)22-17(25)13-8-6-7-9-14(13)20-18(22)26-11-15(23)19-10-16(24)21(3)4/h6-9,12H,5,10-11H2,1-4H3,(H,19,23)/t12-/m0/s1. The molecule has 0 radical (unpaired) electrons. The zero-order valence-electron chi connectivity index (χ0n) is 15.5. The van der Waals surface area contributed by atoms with E-state index in [0.29, 0.717) is 16.1 Å². The number of para-hydroxylation sites is 1. The normalized spacial score (nSPS) is 12.0. The van der Waals surface area contributed by atoms with Crippen LogP contribution in [0.1, 0.15) is 26.3 Å². The average Bonchev–Trinajstić information content (AvgIpc) is 2.63. The minimum Gasteiger partial charge on any atom is -0.347 e. The van der Waals surface area contributed by atoms with E-state index in [1.165, 1.54) is 16.7 Å². The van der Waals surface area contributed by atoms with Crippen molar-refractivity contribution in [3.8, 4) is 0 Å². The number of likely N-dealkylation sites (N-methyl/N-ethyl adjacent to an activating group) is 1. The maximum Gasteiger partial charge on any atom is 0.262 e. The summed E-state index contributed by atoms with van der Waals surface area (Å²) in [5, 5.41) is 3.66. The fourth-order valence-electron chi connectivity index (χ4n) is 2.31. The summed E-state index contributed by atoms with van der Waals surface area (Å²) < 4.78 is 1.64. The lowest BCUT2D eigenvalue weighted by Crippen LogP contribution is -2.37. The molecule has 0 unspecified atom stereocenters. The summed E-state index contributed by atoms with van der Waals surface area (Å²) in [6.07, 6.45) is 0.775. The highest BCUT2D eigenvalue weighted by Gasteiger charge is 2.17. The molecule has 26 heavy (non-hydrogen) atoms. The van der Waals surface area contributed by atoms with Crippen molar-refractivity contribution in [1.29, 1.82) is 0 Å². The molecule has 1 atom stereocenters. The number of hydrogen-bond donors (Lipinski definition) is 1. The van der Waals surface area contributed by atoms with Crippen LogP contribution in [0.25, 0.3) is 10.9 Å². The topological polar surface area (TPSA) is 84.3 Å². The number of aromatic nitrogens is 2. The predicted octanol–water partition coefficient (Wildman–Crippen LogP) is 1.66. The van der Waals surface area contributed by atoms with Gasteiger partial charge in [-0.05, 0) is 25.5 Å². The van der Waals surface area contributed by atoms with E-state index < -0.39 is 0 Å². The fourth-order valence-corrected chi connectivity index (χ4v) is 3.24. The van der Waals surface area contributed by atoms with E-state index in [2.05, 4.69) is 10.3 Å². The molecule has 1 aromatic heterocycles. The first-order chi connectivity index (χ1) is 12.3. The Bertz CT molecular complexity index is 863. The Morgan fingerprint density at radius 2 is 2.00 bits per heavy atom. The SMILES string of the molecule is CC[C@H](C)n1c(SCC(=O)NCC(=O)N(C)C)nc2ccccc2c1=O. The third-order valence-electron chi connectivity index (χ3n) is 4.07. The Hall–Kier alpha value is -2.35. The van der Waals surface area contributed by atoms with E-state index in [4.69, 9.17) is 0 Å². The van der Waals surface area contributed by atoms with Crippen LogP contribution in [0.2, 0.25) is 0 Å². The van der Waals surface area contributed by atoms with Gasteiger partial charge in [0.2, 0.25) is 11.8 Å². The smallest absolute Gasteiger partial charge is 0.262 e. The number of thioether (sulfide) groups is 1. The van der Waals surface area contributed by atoms with Crippen LogP contribution in [-0.4, -0.2) is 52.7 Å². The predicted molar refractivity (Wildman–Crippen MR) is 103 cm³/mol. The summed E-state index contributed by atoms with van der Waals surface area (Å²) in [6, 6.07) is 7.17. The summed E-state index contributed by atoms with van der Waals surface area (Å²) >= 11 is 1.20. The van der Waals surface area contributed by atoms with Crippen molar-refractivity contribution in [2.45, 2.75) is 31.5 Å². The molecule has 0 fully saturated rings. The van der Waals surface area contributed by atoms with Gasteiger partial charge in [-0.1, -0.05) is 30.8 Å². The Labute approximate surface area is 156 Å². The third kappa shape index (κ3) is 4.63. The second-order valence-corrected chi connectivity index (χ2v) is 7.14. The van der Waals surface area contributed by atoms with E-state index in [9.17, 15) is 14.4 Å². The first kappa shape index (κ1) is 20.0. The number of carbonyl (C=O) groups is 2. The Balaban J connectivity index is 2.21. The molecule has 140 valence electrons. The van der Waals surface area contributed by atoms with Gasteiger partial charge in [-0.2, -0.15) is 0 Å². The van der Waals surface area contributed by atoms with E-state index in [1.54, 1.807) is 30.8 Å². The van der Waals surface area contributed by atoms with Crippen LogP contribution in [0, 0.1) is 0 Å². The van der Waals surface area contributed by atoms with Crippen molar-refractivity contribution < 1.29 is 9.59 Å². The van der Waals surface area contributed by atoms with Crippen LogP contribution in [0.4, 0.5) is 0 Å². The van der Waals surface area contributed by atoms with E-state index in [0.717, 1.165) is 6.42 Å². The molecule has 7 nitrogen and oxygen atoms in total. The van der Waals surface area contributed by atoms with E-state index >= 15 is 0 Å². The maximum atomic E-state index is 12.8. The highest BCUT2D eigenvalue weighted by atomic mass is 32.2. The largest absolute Gasteiger partial charge is 0.347 e. The summed E-state index contributed by atoms with van der Waals surface area (Å²) in [5.41, 5.74) is 0.512. The molecular formula is C18H24N4O3S. The van der Waals surface area contributed by atoms with Gasteiger partial charge in [0.05, 0.1) is 23.2 Å². The lowest BCUT2D eigenvalue weighted by molar-refractivity contribution is -0.130. The van der Waals surface area contributed by atoms with Crippen LogP contribution in [-0.2, 0) is 9.59 Å². The van der Waals surface area contributed by atoms with Gasteiger partial charge >= 0.3 is 0 Å². The number of nitrogens with zero attached hydrogens (tertiary/aromatic N) is 3. The second kappa shape index (κ2) is 8.84. The summed E-state index contributed by atoms with van der Waals surface area (Å²) in [4.78, 5) is 42.4. The molecule has 1 heterocycles. The molecule has 0 saturated carbocycles. The monoisotopic (exact) mass is 376 g/mol. The van der Waals surface area contributed by atoms with Crippen molar-refractivity contribution in [3.63, 3.8) is 0 Å². The summed E-state index contributed by atoms with van der Waals surface area (Å²) in [6.45, 7) is 3.91. The quantitative estimate of drug-likeness (QED) is 0.587. The number of hydrogen-bond acceptors (Lipinski definition) is 5. The molecule has 1 aromatic carbocycles. The van der Waals surface area contributed by atoms with Crippen LogP contribution < -0.4 is 10.9 Å². The number of nitrogens with one attached hydrogen (secondary N) is 1. The second-order valence-electron chi connectivity index (χ2n) is 6.20. The molecular weight excluding hydrogens is 352 g/mol. The van der Waals surface area contributed by atoms with Crippen molar-refractivity contribution in [2.75, 3.05) is 26.4 Å². The molecule has 0 bridgehead atoms. The average molecular weight is 376 g/mol. The maximum absolute atomic E-state index is 12.8. The Morgan fingerprint density at radius 3 is 2.65 bits per heavy atom. The van der Waals surface area contributed by atoms with Gasteiger partial charge in [-0.25, -0.2) is 4.98 Å². The third-order valence-corrected chi connectivity index (χ3v) is 5.03. The van der Waals surface area contributed by atoms with Crippen LogP contribution >= 0.6 is 11.8 Å². The molecule has 0 aliphatic carbocycles. The lowest BCUT2D eigenvalue weighted by atomic mass is 10.2. The molecule has 0 aliphatic heterocycles. The van der Waals surface area contributed by atoms with Crippen LogP contribution in [0.5, 0.6) is 0 Å². The van der Waals surface area contributed by atoms with Gasteiger partial charge in [0, 0.05) is 20.1 Å². The minimum absolute atomic E-state index is 0.0273. The zero-order chi connectivity index (χ0) is 19.3. The molecule has 1 N–H and O–H groups in total. The van der Waals surface area contributed by atoms with Crippen LogP contribution in [0.15, 0.2) is 34.2 Å². The molecule has 2 aromatic rings. The summed E-state index contributed by atoms with van der Waals surface area (Å²) in [5.74, 6) is -0.367. The van der Waals surface area contributed by atoms with Gasteiger partial charge in [-0.15, -0.1) is 0 Å². The van der Waals surface area contributed by atoms with Gasteiger partial charge in [0.15, 0.2) is 5.16 Å². The number of amides is 2. The van der Waals surface area contributed by atoms with Gasteiger partial charge in [0.1, 0.15) is 0 Å². The molecule has 0 saturated heterocycles. The van der Waals surface area contributed by atoms with Crippen LogP contribution in [0.3, 0.4) is 0 Å². The van der Waals surface area contributed by atoms with Gasteiger partial charge in [0.25, 0.3) is 5.56 Å². The number of fused-ring (bicyclic) bond motifs is 1. The minimum atomic E-state index is -0.275. The lowest BCUT2D eigenvalue weighted by Gasteiger charge is -2.18. The van der Waals surface area contributed by atoms with Crippen molar-refractivity contribution in [2.24, 2.45) is 0 Å². The summed E-state index contributed by atoms with van der Waals surface area (Å²) in [7, 11) is 3.26. The number of rotatable bonds is 7. The Morgan fingerprint density at radius 1 is 1.31 bits per heavy atom. The molecule has 0 spiro atoms. The molecule has 2 rings (SSSR count). The molecule has 2 amide bonds. The van der Waals surface area contributed by atoms with Gasteiger partial charge < -0.3 is 10.2 Å². The van der Waals surface area contributed by atoms with E-state index in [1.807, 2.05) is 26.0 Å². The van der Waals surface area contributed by atoms with Crippen molar-refractivity contribution in [3.05, 3.63) is 34.6 Å². The fraction of sp³-hybridized carbons (Fsp3) is 0.444. The highest BCUT2D eigenvalue weighted by Crippen LogP contribution is 2.22.